The van der Waals surface area contributed by atoms with Crippen molar-refractivity contribution in [3.63, 3.8) is 0 Å². The molecule has 0 radical (unpaired) electrons. The molecule has 3 aromatic rings. The normalized spacial score (nSPS) is 10.9. The minimum atomic E-state index is -0.432. The van der Waals surface area contributed by atoms with Crippen LogP contribution in [0.15, 0.2) is 39.6 Å². The molecule has 0 fully saturated rings. The van der Waals surface area contributed by atoms with Crippen LogP contribution in [0.5, 0.6) is 5.75 Å². The van der Waals surface area contributed by atoms with Crippen molar-refractivity contribution >= 4 is 38.9 Å². The summed E-state index contributed by atoms with van der Waals surface area (Å²) in [6.07, 6.45) is 0. The lowest BCUT2D eigenvalue weighted by atomic mass is 10.3. The number of nitrogens with one attached hydrogen (secondary N) is 1. The first-order valence-corrected chi connectivity index (χ1v) is 7.47. The minimum absolute atomic E-state index is 0.0300. The van der Waals surface area contributed by atoms with Crippen LogP contribution < -0.4 is 5.69 Å². The maximum Gasteiger partial charge on any atom is 0.348 e. The Bertz CT molecular complexity index is 839. The van der Waals surface area contributed by atoms with Gasteiger partial charge < -0.3 is 5.11 Å². The number of thiophene rings is 1. The summed E-state index contributed by atoms with van der Waals surface area (Å²) in [6, 6.07) is 8.29. The number of aromatic nitrogens is 3. The Kier molecular flexibility index (Phi) is 3.41. The fourth-order valence-electron chi connectivity index (χ4n) is 1.71. The average molecular weight is 373 g/mol. The minimum Gasteiger partial charge on any atom is -0.506 e. The summed E-state index contributed by atoms with van der Waals surface area (Å²) < 4.78 is 2.46. The van der Waals surface area contributed by atoms with Gasteiger partial charge in [0, 0.05) is 4.47 Å². The van der Waals surface area contributed by atoms with E-state index in [-0.39, 0.29) is 5.75 Å². The molecular weight excluding hydrogens is 366 g/mol. The van der Waals surface area contributed by atoms with Crippen molar-refractivity contribution in [2.75, 3.05) is 0 Å². The molecule has 0 amide bonds. The van der Waals surface area contributed by atoms with Crippen LogP contribution in [0, 0.1) is 0 Å². The third-order valence-electron chi connectivity index (χ3n) is 2.59. The van der Waals surface area contributed by atoms with E-state index in [0.29, 0.717) is 15.8 Å². The first-order chi connectivity index (χ1) is 9.54. The maximum atomic E-state index is 12.0. The van der Waals surface area contributed by atoms with E-state index in [1.807, 2.05) is 0 Å². The predicted octanol–water partition coefficient (Wildman–Crippen LogP) is 3.41. The van der Waals surface area contributed by atoms with Crippen molar-refractivity contribution in [1.82, 2.24) is 14.8 Å². The molecule has 2 heterocycles. The van der Waals surface area contributed by atoms with Crippen LogP contribution in [0.4, 0.5) is 0 Å². The molecule has 3 rings (SSSR count). The van der Waals surface area contributed by atoms with Crippen LogP contribution in [0.25, 0.3) is 16.4 Å². The molecule has 0 atom stereocenters. The number of hydrogen-bond acceptors (Lipinski definition) is 4. The molecule has 102 valence electrons. The van der Waals surface area contributed by atoms with Crippen LogP contribution in [-0.4, -0.2) is 19.9 Å². The lowest BCUT2D eigenvalue weighted by molar-refractivity contribution is 0.469. The fraction of sp³-hybridized carbons (Fsp3) is 0. The molecule has 0 unspecified atom stereocenters. The Balaban J connectivity index is 2.14. The van der Waals surface area contributed by atoms with Gasteiger partial charge in [0.1, 0.15) is 11.4 Å². The molecule has 0 aliphatic heterocycles. The van der Waals surface area contributed by atoms with Crippen molar-refractivity contribution < 1.29 is 5.11 Å². The lowest BCUT2D eigenvalue weighted by Crippen LogP contribution is -2.16. The molecular formula is C12H7BrClN3O2S. The summed E-state index contributed by atoms with van der Waals surface area (Å²) in [4.78, 5) is 15.4. The topological polar surface area (TPSA) is 70.9 Å². The average Bonchev–Trinajstić information content (AvgIpc) is 2.99. The van der Waals surface area contributed by atoms with Crippen LogP contribution in [0.2, 0.25) is 4.34 Å². The van der Waals surface area contributed by atoms with Crippen LogP contribution in [-0.2, 0) is 0 Å². The standard InChI is InChI=1S/C12H7BrClN3O2S/c13-6-1-2-8(18)7(5-6)17-12(19)15-11(16-17)9-3-4-10(14)20-9/h1-5,18H,(H,15,16,19). The third-order valence-corrected chi connectivity index (χ3v) is 4.32. The second-order valence-electron chi connectivity index (χ2n) is 3.93. The lowest BCUT2D eigenvalue weighted by Gasteiger charge is -2.03. The maximum absolute atomic E-state index is 12.0. The number of phenolic OH excluding ortho intramolecular Hbond substituents is 1. The number of nitrogens with zero attached hydrogens (tertiary/aromatic N) is 2. The Labute approximate surface area is 130 Å². The van der Waals surface area contributed by atoms with E-state index < -0.39 is 5.69 Å². The van der Waals surface area contributed by atoms with Gasteiger partial charge in [0.2, 0.25) is 0 Å². The molecule has 0 saturated heterocycles. The molecule has 0 aliphatic carbocycles. The van der Waals surface area contributed by atoms with Gasteiger partial charge in [-0.2, -0.15) is 4.68 Å². The zero-order valence-electron chi connectivity index (χ0n) is 9.80. The number of halogens is 2. The Morgan fingerprint density at radius 1 is 1.35 bits per heavy atom. The van der Waals surface area contributed by atoms with Gasteiger partial charge in [-0.15, -0.1) is 16.4 Å². The Morgan fingerprint density at radius 3 is 2.85 bits per heavy atom. The second-order valence-corrected chi connectivity index (χ2v) is 6.56. The third kappa shape index (κ3) is 2.39. The van der Waals surface area contributed by atoms with Crippen molar-refractivity contribution in [2.24, 2.45) is 0 Å². The van der Waals surface area contributed by atoms with Crippen molar-refractivity contribution in [3.05, 3.63) is 49.6 Å². The number of aromatic amines is 1. The quantitative estimate of drug-likeness (QED) is 0.724. The van der Waals surface area contributed by atoms with Gasteiger partial charge in [-0.1, -0.05) is 27.5 Å². The highest BCUT2D eigenvalue weighted by atomic mass is 79.9. The second kappa shape index (κ2) is 5.08. The molecule has 2 N–H and O–H groups in total. The van der Waals surface area contributed by atoms with Gasteiger partial charge in [0.25, 0.3) is 0 Å². The summed E-state index contributed by atoms with van der Waals surface area (Å²) in [5.74, 6) is 0.379. The monoisotopic (exact) mass is 371 g/mol. The van der Waals surface area contributed by atoms with E-state index in [9.17, 15) is 9.90 Å². The number of hydrogen-bond donors (Lipinski definition) is 2. The number of phenols is 1. The van der Waals surface area contributed by atoms with Crippen LogP contribution in [0.1, 0.15) is 0 Å². The summed E-state index contributed by atoms with van der Waals surface area (Å²) in [5.41, 5.74) is -0.132. The van der Waals surface area contributed by atoms with Gasteiger partial charge in [-0.3, -0.25) is 4.98 Å². The Morgan fingerprint density at radius 2 is 2.15 bits per heavy atom. The van der Waals surface area contributed by atoms with Crippen molar-refractivity contribution in [1.29, 1.82) is 0 Å². The molecule has 0 saturated carbocycles. The van der Waals surface area contributed by atoms with E-state index in [0.717, 1.165) is 14.0 Å². The molecule has 2 aromatic heterocycles. The van der Waals surface area contributed by atoms with Gasteiger partial charge in [-0.25, -0.2) is 4.79 Å². The van der Waals surface area contributed by atoms with Crippen LogP contribution >= 0.6 is 38.9 Å². The number of rotatable bonds is 2. The van der Waals surface area contributed by atoms with Crippen molar-refractivity contribution in [3.8, 4) is 22.1 Å². The summed E-state index contributed by atoms with van der Waals surface area (Å²) in [7, 11) is 0. The SMILES string of the molecule is O=c1[nH]c(-c2ccc(Cl)s2)nn1-c1cc(Br)ccc1O. The fourth-order valence-corrected chi connectivity index (χ4v) is 3.04. The van der Waals surface area contributed by atoms with E-state index in [1.165, 1.54) is 17.4 Å². The molecule has 0 spiro atoms. The van der Waals surface area contributed by atoms with Gasteiger partial charge in [0.15, 0.2) is 5.82 Å². The highest BCUT2D eigenvalue weighted by molar-refractivity contribution is 9.10. The van der Waals surface area contributed by atoms with Gasteiger partial charge in [-0.05, 0) is 30.3 Å². The van der Waals surface area contributed by atoms with Crippen molar-refractivity contribution in [2.45, 2.75) is 0 Å². The zero-order valence-corrected chi connectivity index (χ0v) is 13.0. The van der Waals surface area contributed by atoms with Crippen LogP contribution in [0.3, 0.4) is 0 Å². The highest BCUT2D eigenvalue weighted by Crippen LogP contribution is 2.29. The van der Waals surface area contributed by atoms with E-state index in [4.69, 9.17) is 11.6 Å². The molecule has 1 aromatic carbocycles. The predicted molar refractivity (Wildman–Crippen MR) is 81.9 cm³/mol. The summed E-state index contributed by atoms with van der Waals surface area (Å²) >= 11 is 10.5. The summed E-state index contributed by atoms with van der Waals surface area (Å²) in [5, 5.41) is 14.0. The number of benzene rings is 1. The smallest absolute Gasteiger partial charge is 0.348 e. The Hall–Kier alpha value is -1.57. The molecule has 20 heavy (non-hydrogen) atoms. The first-order valence-electron chi connectivity index (χ1n) is 5.48. The molecule has 8 heteroatoms. The molecule has 0 aliphatic rings. The van der Waals surface area contributed by atoms with E-state index >= 15 is 0 Å². The first kappa shape index (κ1) is 13.4. The zero-order chi connectivity index (χ0) is 14.3. The largest absolute Gasteiger partial charge is 0.506 e. The number of H-pyrrole nitrogens is 1. The van der Waals surface area contributed by atoms with Gasteiger partial charge >= 0.3 is 5.69 Å². The highest BCUT2D eigenvalue weighted by Gasteiger charge is 2.13. The van der Waals surface area contributed by atoms with Gasteiger partial charge in [0.05, 0.1) is 9.21 Å². The molecule has 5 nitrogen and oxygen atoms in total. The van der Waals surface area contributed by atoms with E-state index in [1.54, 1.807) is 24.3 Å². The van der Waals surface area contributed by atoms with E-state index in [2.05, 4.69) is 26.0 Å². The molecule has 0 bridgehead atoms. The number of aromatic hydroxyl groups is 1. The summed E-state index contributed by atoms with van der Waals surface area (Å²) in [6.45, 7) is 0.